The van der Waals surface area contributed by atoms with Crippen LogP contribution in [-0.2, 0) is 4.74 Å². The van der Waals surface area contributed by atoms with Crippen LogP contribution in [-0.4, -0.2) is 35.9 Å². The molecule has 0 saturated carbocycles. The molecule has 2 rings (SSSR count). The van der Waals surface area contributed by atoms with E-state index in [1.165, 1.54) is 6.21 Å². The highest BCUT2D eigenvalue weighted by Crippen LogP contribution is 2.32. The molecule has 7 heteroatoms. The van der Waals surface area contributed by atoms with E-state index >= 15 is 0 Å². The van der Waals surface area contributed by atoms with Crippen molar-refractivity contribution < 1.29 is 9.53 Å². The van der Waals surface area contributed by atoms with Gasteiger partial charge in [-0.1, -0.05) is 6.08 Å². The van der Waals surface area contributed by atoms with Crippen molar-refractivity contribution in [2.75, 3.05) is 18.2 Å². The molecular formula is C17H23IN3O2P. The van der Waals surface area contributed by atoms with Crippen LogP contribution in [0, 0.1) is 12.3 Å². The molecule has 5 nitrogen and oxygen atoms in total. The Morgan fingerprint density at radius 2 is 2.17 bits per heavy atom. The highest BCUT2D eigenvalue weighted by molar-refractivity contribution is 14.2. The standard InChI is InChI=1S/C17H23IN3O2P/c1-11-7-13(9-19)15(20-24-18)8-14(11)12-5-6-21(10-12)16(22)23-17(2,3)4/h5,7-9,19-20,24H,6,10H2,1-4H3. The number of hydrogen-bond acceptors (Lipinski definition) is 4. The average molecular weight is 459 g/mol. The highest BCUT2D eigenvalue weighted by atomic mass is 127. The molecule has 0 bridgehead atoms. The van der Waals surface area contributed by atoms with Crippen molar-refractivity contribution in [3.05, 3.63) is 34.9 Å². The minimum Gasteiger partial charge on any atom is -0.444 e. The molecule has 1 aliphatic heterocycles. The number of carbonyl (C=O) groups is 1. The van der Waals surface area contributed by atoms with E-state index in [9.17, 15) is 4.79 Å². The van der Waals surface area contributed by atoms with Crippen molar-refractivity contribution in [1.82, 2.24) is 4.90 Å². The predicted molar refractivity (Wildman–Crippen MR) is 111 cm³/mol. The molecule has 0 aromatic heterocycles. The van der Waals surface area contributed by atoms with Crippen molar-refractivity contribution in [2.24, 2.45) is 0 Å². The lowest BCUT2D eigenvalue weighted by Gasteiger charge is -2.24. The Labute approximate surface area is 158 Å². The fraction of sp³-hybridized carbons (Fsp3) is 0.412. The number of amides is 1. The van der Waals surface area contributed by atoms with Gasteiger partial charge in [0.15, 0.2) is 0 Å². The molecule has 1 atom stereocenters. The Balaban J connectivity index is 2.20. The Bertz CT molecular complexity index is 683. The van der Waals surface area contributed by atoms with Gasteiger partial charge >= 0.3 is 6.09 Å². The Morgan fingerprint density at radius 3 is 2.75 bits per heavy atom. The smallest absolute Gasteiger partial charge is 0.410 e. The summed E-state index contributed by atoms with van der Waals surface area (Å²) >= 11 is 2.27. The van der Waals surface area contributed by atoms with Gasteiger partial charge in [-0.3, -0.25) is 0 Å². The average Bonchev–Trinajstić information content (AvgIpc) is 2.97. The number of hydrogen-bond donors (Lipinski definition) is 2. The summed E-state index contributed by atoms with van der Waals surface area (Å²) in [5, 5.41) is 10.9. The molecule has 1 heterocycles. The van der Waals surface area contributed by atoms with Gasteiger partial charge in [-0.2, -0.15) is 0 Å². The highest BCUT2D eigenvalue weighted by Gasteiger charge is 2.26. The number of carbonyl (C=O) groups excluding carboxylic acids is 1. The van der Waals surface area contributed by atoms with Gasteiger partial charge in [0, 0.05) is 36.9 Å². The minimum atomic E-state index is -0.486. The van der Waals surface area contributed by atoms with Crippen LogP contribution in [0.2, 0.25) is 0 Å². The second kappa shape index (κ2) is 7.83. The van der Waals surface area contributed by atoms with Crippen LogP contribution >= 0.6 is 28.4 Å². The summed E-state index contributed by atoms with van der Waals surface area (Å²) in [6, 6.07) is 4.09. The molecule has 0 aliphatic carbocycles. The predicted octanol–water partition coefficient (Wildman–Crippen LogP) is 4.98. The molecule has 1 aliphatic rings. The van der Waals surface area contributed by atoms with E-state index in [2.05, 4.69) is 39.3 Å². The van der Waals surface area contributed by atoms with Crippen LogP contribution in [0.15, 0.2) is 18.2 Å². The Kier molecular flexibility index (Phi) is 6.26. The number of benzene rings is 1. The fourth-order valence-electron chi connectivity index (χ4n) is 2.57. The van der Waals surface area contributed by atoms with E-state index in [-0.39, 0.29) is 6.09 Å². The summed E-state index contributed by atoms with van der Waals surface area (Å²) in [5.41, 5.74) is 4.68. The molecule has 0 saturated heterocycles. The Hall–Kier alpha value is -1.14. The number of nitrogens with zero attached hydrogens (tertiary/aromatic N) is 1. The Morgan fingerprint density at radius 1 is 1.46 bits per heavy atom. The second-order valence-corrected chi connectivity index (χ2v) is 8.77. The topological polar surface area (TPSA) is 65.4 Å². The quantitative estimate of drug-likeness (QED) is 0.379. The molecule has 24 heavy (non-hydrogen) atoms. The molecule has 0 radical (unpaired) electrons. The summed E-state index contributed by atoms with van der Waals surface area (Å²) in [6.07, 6.45) is 3.70. The van der Waals surface area contributed by atoms with E-state index in [4.69, 9.17) is 10.1 Å². The van der Waals surface area contributed by atoms with Crippen LogP contribution in [0.4, 0.5) is 10.5 Å². The van der Waals surface area contributed by atoms with Crippen molar-refractivity contribution in [3.8, 4) is 0 Å². The summed E-state index contributed by atoms with van der Waals surface area (Å²) in [7, 11) is 0. The van der Waals surface area contributed by atoms with Gasteiger partial charge < -0.3 is 20.1 Å². The number of ether oxygens (including phenoxy) is 1. The van der Waals surface area contributed by atoms with Gasteiger partial charge in [0.05, 0.1) is 0 Å². The molecule has 0 spiro atoms. The molecular weight excluding hydrogens is 436 g/mol. The van der Waals surface area contributed by atoms with E-state index in [0.29, 0.717) is 19.5 Å². The largest absolute Gasteiger partial charge is 0.444 e. The number of halogens is 1. The number of anilines is 1. The lowest BCUT2D eigenvalue weighted by atomic mass is 9.97. The van der Waals surface area contributed by atoms with Gasteiger partial charge in [-0.15, -0.1) is 0 Å². The third-order valence-corrected chi connectivity index (χ3v) is 4.82. The third kappa shape index (κ3) is 4.70. The zero-order chi connectivity index (χ0) is 17.9. The fourth-order valence-corrected chi connectivity index (χ4v) is 3.76. The molecule has 0 fully saturated rings. The zero-order valence-corrected chi connectivity index (χ0v) is 17.5. The monoisotopic (exact) mass is 459 g/mol. The lowest BCUT2D eigenvalue weighted by molar-refractivity contribution is 0.0306. The zero-order valence-electron chi connectivity index (χ0n) is 14.4. The first-order valence-corrected chi connectivity index (χ1v) is 11.8. The van der Waals surface area contributed by atoms with Gasteiger partial charge in [0.2, 0.25) is 0 Å². The van der Waals surface area contributed by atoms with Gasteiger partial charge in [0.25, 0.3) is 0 Å². The summed E-state index contributed by atoms with van der Waals surface area (Å²) in [5.74, 6) is 0. The molecule has 1 unspecified atom stereocenters. The van der Waals surface area contributed by atoms with Crippen molar-refractivity contribution in [3.63, 3.8) is 0 Å². The van der Waals surface area contributed by atoms with Gasteiger partial charge in [-0.25, -0.2) is 4.79 Å². The summed E-state index contributed by atoms with van der Waals surface area (Å²) in [6.45, 7) is 8.77. The van der Waals surface area contributed by atoms with Crippen LogP contribution in [0.5, 0.6) is 0 Å². The van der Waals surface area contributed by atoms with Crippen molar-refractivity contribution in [1.29, 1.82) is 5.41 Å². The van der Waals surface area contributed by atoms with Crippen LogP contribution in [0.1, 0.15) is 37.5 Å². The first-order chi connectivity index (χ1) is 11.2. The van der Waals surface area contributed by atoms with E-state index in [1.54, 1.807) is 4.90 Å². The summed E-state index contributed by atoms with van der Waals surface area (Å²) in [4.78, 5) is 13.9. The minimum absolute atomic E-state index is 0.283. The maximum atomic E-state index is 12.2. The molecule has 130 valence electrons. The maximum Gasteiger partial charge on any atom is 0.410 e. The maximum absolute atomic E-state index is 12.2. The third-order valence-electron chi connectivity index (χ3n) is 3.65. The normalized spacial score (nSPS) is 14.9. The number of nitrogens with one attached hydrogen (secondary N) is 2. The van der Waals surface area contributed by atoms with Gasteiger partial charge in [-0.05, 0) is 78.6 Å². The second-order valence-electron chi connectivity index (χ2n) is 6.71. The van der Waals surface area contributed by atoms with Crippen LogP contribution < -0.4 is 5.09 Å². The number of aryl methyl sites for hydroxylation is 1. The SMILES string of the molecule is Cc1cc(C=N)c(NPI)cc1C1=CCN(C(=O)OC(C)(C)C)C1. The molecule has 1 amide bonds. The van der Waals surface area contributed by atoms with E-state index in [0.717, 1.165) is 28.0 Å². The van der Waals surface area contributed by atoms with Crippen molar-refractivity contribution >= 4 is 52.0 Å². The first kappa shape index (κ1) is 19.2. The van der Waals surface area contributed by atoms with Crippen LogP contribution in [0.25, 0.3) is 5.57 Å². The molecule has 1 aromatic rings. The van der Waals surface area contributed by atoms with Gasteiger partial charge in [0.1, 0.15) is 5.60 Å². The van der Waals surface area contributed by atoms with Crippen molar-refractivity contribution in [2.45, 2.75) is 33.3 Å². The lowest BCUT2D eigenvalue weighted by Crippen LogP contribution is -2.35. The molecule has 1 aromatic carbocycles. The number of rotatable bonds is 4. The molecule has 2 N–H and O–H groups in total. The van der Waals surface area contributed by atoms with E-state index in [1.807, 2.05) is 33.8 Å². The van der Waals surface area contributed by atoms with Crippen LogP contribution in [0.3, 0.4) is 0 Å². The first-order valence-electron chi connectivity index (χ1n) is 7.69. The summed E-state index contributed by atoms with van der Waals surface area (Å²) < 4.78 is 5.45. The van der Waals surface area contributed by atoms with E-state index < -0.39 is 5.60 Å².